The summed E-state index contributed by atoms with van der Waals surface area (Å²) in [6.07, 6.45) is 0.165. The Kier molecular flexibility index (Phi) is 5.40. The van der Waals surface area contributed by atoms with Crippen molar-refractivity contribution < 1.29 is 24.5 Å². The molecule has 1 amide bonds. The number of amides is 1. The Labute approximate surface area is 110 Å². The second-order valence-electron chi connectivity index (χ2n) is 3.95. The Hall–Kier alpha value is -1.99. The number of ether oxygens (including phenoxy) is 1. The third-order valence-electron chi connectivity index (χ3n) is 2.45. The zero-order chi connectivity index (χ0) is 14.4. The molecule has 2 unspecified atom stereocenters. The number of aliphatic hydroxyl groups excluding tert-OH is 2. The first-order valence-corrected chi connectivity index (χ1v) is 5.59. The minimum Gasteiger partial charge on any atom is -0.465 e. The predicted molar refractivity (Wildman–Crippen MR) is 65.2 cm³/mol. The number of nitrogens with zero attached hydrogens (tertiary/aromatic N) is 1. The molecule has 2 atom stereocenters. The molecular formula is C12H16N2O5. The van der Waals surface area contributed by atoms with E-state index in [1.54, 1.807) is 0 Å². The van der Waals surface area contributed by atoms with Crippen LogP contribution in [0.25, 0.3) is 0 Å². The van der Waals surface area contributed by atoms with Gasteiger partial charge in [-0.15, -0.1) is 0 Å². The topological polar surface area (TPSA) is 109 Å². The predicted octanol–water partition coefficient (Wildman–Crippen LogP) is -0.601. The number of carbonyl (C=O) groups excluding carboxylic acids is 2. The Balaban J connectivity index is 2.78. The van der Waals surface area contributed by atoms with Crippen LogP contribution in [0.5, 0.6) is 0 Å². The summed E-state index contributed by atoms with van der Waals surface area (Å²) in [5, 5.41) is 22.0. The van der Waals surface area contributed by atoms with Crippen LogP contribution in [0.15, 0.2) is 18.5 Å². The van der Waals surface area contributed by atoms with E-state index in [1.165, 1.54) is 32.5 Å². The van der Waals surface area contributed by atoms with Crippen LogP contribution in [-0.2, 0) is 9.53 Å². The minimum atomic E-state index is -1.26. The number of methoxy groups -OCH3 is 1. The molecule has 0 aliphatic carbocycles. The standard InChI is InChI=1S/C12H16N2O5/c1-7(15)14-6-10(16)11(17)8-3-9(5-13-4-8)12(18)19-2/h3-5,10-11,16-17H,6H2,1-2H3,(H,14,15). The average Bonchev–Trinajstić information content (AvgIpc) is 2.43. The highest BCUT2D eigenvalue weighted by atomic mass is 16.5. The van der Waals surface area contributed by atoms with Crippen molar-refractivity contribution in [2.24, 2.45) is 0 Å². The first kappa shape index (κ1) is 15.1. The highest BCUT2D eigenvalue weighted by molar-refractivity contribution is 5.89. The van der Waals surface area contributed by atoms with Crippen molar-refractivity contribution >= 4 is 11.9 Å². The van der Waals surface area contributed by atoms with Crippen molar-refractivity contribution in [3.63, 3.8) is 0 Å². The summed E-state index contributed by atoms with van der Waals surface area (Å²) in [5.74, 6) is -0.898. The van der Waals surface area contributed by atoms with Crippen molar-refractivity contribution in [2.45, 2.75) is 19.1 Å². The van der Waals surface area contributed by atoms with E-state index in [4.69, 9.17) is 0 Å². The Bertz CT molecular complexity index is 463. The van der Waals surface area contributed by atoms with Crippen LogP contribution >= 0.6 is 0 Å². The molecule has 104 valence electrons. The van der Waals surface area contributed by atoms with Crippen LogP contribution in [0, 0.1) is 0 Å². The number of pyridine rings is 1. The van der Waals surface area contributed by atoms with Gasteiger partial charge in [0.2, 0.25) is 5.91 Å². The van der Waals surface area contributed by atoms with Gasteiger partial charge in [0.25, 0.3) is 0 Å². The third-order valence-corrected chi connectivity index (χ3v) is 2.45. The number of esters is 1. The van der Waals surface area contributed by atoms with Gasteiger partial charge in [0.15, 0.2) is 0 Å². The normalized spacial score (nSPS) is 13.5. The highest BCUT2D eigenvalue weighted by Gasteiger charge is 2.20. The zero-order valence-corrected chi connectivity index (χ0v) is 10.7. The van der Waals surface area contributed by atoms with E-state index >= 15 is 0 Å². The fraction of sp³-hybridized carbons (Fsp3) is 0.417. The van der Waals surface area contributed by atoms with Gasteiger partial charge in [0.05, 0.1) is 12.7 Å². The molecule has 1 aromatic heterocycles. The first-order valence-electron chi connectivity index (χ1n) is 5.59. The molecule has 0 aliphatic heterocycles. The van der Waals surface area contributed by atoms with Gasteiger partial charge in [-0.3, -0.25) is 9.78 Å². The molecule has 0 spiro atoms. The number of carbonyl (C=O) groups is 2. The lowest BCUT2D eigenvalue weighted by molar-refractivity contribution is -0.119. The van der Waals surface area contributed by atoms with E-state index in [0.29, 0.717) is 0 Å². The van der Waals surface area contributed by atoms with E-state index in [2.05, 4.69) is 15.0 Å². The number of aromatic nitrogens is 1. The SMILES string of the molecule is COC(=O)c1cncc(C(O)C(O)CNC(C)=O)c1. The second kappa shape index (κ2) is 6.81. The molecule has 0 aliphatic rings. The maximum Gasteiger partial charge on any atom is 0.339 e. The maximum atomic E-state index is 11.3. The molecule has 1 rings (SSSR count). The van der Waals surface area contributed by atoms with Crippen LogP contribution in [0.4, 0.5) is 0 Å². The minimum absolute atomic E-state index is 0.0983. The largest absolute Gasteiger partial charge is 0.465 e. The molecule has 0 fully saturated rings. The van der Waals surface area contributed by atoms with Gasteiger partial charge in [-0.1, -0.05) is 0 Å². The van der Waals surface area contributed by atoms with Gasteiger partial charge in [0.1, 0.15) is 12.2 Å². The molecule has 0 saturated heterocycles. The molecule has 3 N–H and O–H groups in total. The van der Waals surface area contributed by atoms with Gasteiger partial charge in [-0.25, -0.2) is 4.79 Å². The number of hydrogen-bond acceptors (Lipinski definition) is 6. The van der Waals surface area contributed by atoms with Gasteiger partial charge < -0.3 is 20.3 Å². The first-order chi connectivity index (χ1) is 8.95. The summed E-state index contributed by atoms with van der Waals surface area (Å²) >= 11 is 0. The quantitative estimate of drug-likeness (QED) is 0.615. The van der Waals surface area contributed by atoms with Crippen molar-refractivity contribution in [3.8, 4) is 0 Å². The maximum absolute atomic E-state index is 11.3. The molecule has 0 saturated carbocycles. The molecule has 19 heavy (non-hydrogen) atoms. The average molecular weight is 268 g/mol. The fourth-order valence-corrected chi connectivity index (χ4v) is 1.43. The van der Waals surface area contributed by atoms with Crippen LogP contribution in [0.3, 0.4) is 0 Å². The Morgan fingerprint density at radius 2 is 2.11 bits per heavy atom. The van der Waals surface area contributed by atoms with Crippen LogP contribution in [0.1, 0.15) is 28.9 Å². The summed E-state index contributed by atoms with van der Waals surface area (Å²) in [5.41, 5.74) is 0.437. The summed E-state index contributed by atoms with van der Waals surface area (Å²) in [4.78, 5) is 25.8. The third kappa shape index (κ3) is 4.31. The molecule has 0 bridgehead atoms. The lowest BCUT2D eigenvalue weighted by atomic mass is 10.0. The number of rotatable bonds is 5. The van der Waals surface area contributed by atoms with E-state index < -0.39 is 18.2 Å². The van der Waals surface area contributed by atoms with Gasteiger partial charge in [-0.05, 0) is 6.07 Å². The molecule has 1 heterocycles. The van der Waals surface area contributed by atoms with Crippen molar-refractivity contribution in [3.05, 3.63) is 29.6 Å². The van der Waals surface area contributed by atoms with E-state index in [1.807, 2.05) is 0 Å². The Morgan fingerprint density at radius 3 is 2.68 bits per heavy atom. The lowest BCUT2D eigenvalue weighted by Gasteiger charge is -2.18. The van der Waals surface area contributed by atoms with Gasteiger partial charge in [0, 0.05) is 31.4 Å². The molecule has 1 aromatic rings. The van der Waals surface area contributed by atoms with Crippen LogP contribution < -0.4 is 5.32 Å². The fourth-order valence-electron chi connectivity index (χ4n) is 1.43. The zero-order valence-electron chi connectivity index (χ0n) is 10.7. The molecule has 7 heteroatoms. The van der Waals surface area contributed by atoms with E-state index in [-0.39, 0.29) is 23.6 Å². The summed E-state index contributed by atoms with van der Waals surface area (Å²) in [6.45, 7) is 1.21. The molecule has 0 radical (unpaired) electrons. The van der Waals surface area contributed by atoms with Gasteiger partial charge in [-0.2, -0.15) is 0 Å². The van der Waals surface area contributed by atoms with Gasteiger partial charge >= 0.3 is 5.97 Å². The van der Waals surface area contributed by atoms with Crippen LogP contribution in [-0.4, -0.2) is 46.8 Å². The summed E-state index contributed by atoms with van der Waals surface area (Å²) in [6, 6.07) is 1.38. The van der Waals surface area contributed by atoms with Crippen molar-refractivity contribution in [1.29, 1.82) is 0 Å². The number of hydrogen-bond donors (Lipinski definition) is 3. The van der Waals surface area contributed by atoms with Crippen LogP contribution in [0.2, 0.25) is 0 Å². The molecule has 0 aromatic carbocycles. The smallest absolute Gasteiger partial charge is 0.339 e. The summed E-state index contributed by atoms with van der Waals surface area (Å²) < 4.78 is 4.53. The molecular weight excluding hydrogens is 252 g/mol. The van der Waals surface area contributed by atoms with E-state index in [0.717, 1.165) is 0 Å². The lowest BCUT2D eigenvalue weighted by Crippen LogP contribution is -2.34. The van der Waals surface area contributed by atoms with Crippen molar-refractivity contribution in [2.75, 3.05) is 13.7 Å². The highest BCUT2D eigenvalue weighted by Crippen LogP contribution is 2.17. The second-order valence-corrected chi connectivity index (χ2v) is 3.95. The Morgan fingerprint density at radius 1 is 1.42 bits per heavy atom. The number of nitrogens with one attached hydrogen (secondary N) is 1. The number of aliphatic hydroxyl groups is 2. The monoisotopic (exact) mass is 268 g/mol. The molecule has 7 nitrogen and oxygen atoms in total. The van der Waals surface area contributed by atoms with Crippen molar-refractivity contribution in [1.82, 2.24) is 10.3 Å². The van der Waals surface area contributed by atoms with E-state index in [9.17, 15) is 19.8 Å². The summed E-state index contributed by atoms with van der Waals surface area (Å²) in [7, 11) is 1.23.